The van der Waals surface area contributed by atoms with Gasteiger partial charge in [0.2, 0.25) is 0 Å². The van der Waals surface area contributed by atoms with E-state index in [1.54, 1.807) is 24.3 Å². The normalized spacial score (nSPS) is 14.7. The number of benzene rings is 3. The monoisotopic (exact) mass is 577 g/mol. The van der Waals surface area contributed by atoms with Crippen LogP contribution in [-0.2, 0) is 11.4 Å². The minimum Gasteiger partial charge on any atom is -0.492 e. The molecular formula is C25H18BrCl2NO4S. The van der Waals surface area contributed by atoms with Gasteiger partial charge in [-0.1, -0.05) is 59.6 Å². The van der Waals surface area contributed by atoms with Gasteiger partial charge in [-0.2, -0.15) is 0 Å². The summed E-state index contributed by atoms with van der Waals surface area (Å²) in [4.78, 5) is 26.6. The van der Waals surface area contributed by atoms with Crippen LogP contribution in [0.15, 0.2) is 76.1 Å². The molecule has 9 heteroatoms. The van der Waals surface area contributed by atoms with E-state index in [0.29, 0.717) is 36.5 Å². The van der Waals surface area contributed by atoms with Gasteiger partial charge in [0.25, 0.3) is 11.1 Å². The second-order valence-electron chi connectivity index (χ2n) is 7.19. The Balaban J connectivity index is 1.42. The lowest BCUT2D eigenvalue weighted by Crippen LogP contribution is -2.32. The molecule has 1 aliphatic rings. The zero-order valence-electron chi connectivity index (χ0n) is 17.7. The zero-order valence-corrected chi connectivity index (χ0v) is 21.6. The summed E-state index contributed by atoms with van der Waals surface area (Å²) in [5.41, 5.74) is 1.49. The molecule has 2 amide bonds. The number of hydrogen-bond donors (Lipinski definition) is 0. The van der Waals surface area contributed by atoms with Crippen molar-refractivity contribution in [2.75, 3.05) is 13.2 Å². The van der Waals surface area contributed by atoms with Crippen molar-refractivity contribution in [3.8, 4) is 11.5 Å². The van der Waals surface area contributed by atoms with Gasteiger partial charge >= 0.3 is 0 Å². The fourth-order valence-corrected chi connectivity index (χ4v) is 5.23. The smallest absolute Gasteiger partial charge is 0.293 e. The van der Waals surface area contributed by atoms with Crippen molar-refractivity contribution < 1.29 is 19.1 Å². The summed E-state index contributed by atoms with van der Waals surface area (Å²) in [6.07, 6.45) is 1.64. The summed E-state index contributed by atoms with van der Waals surface area (Å²) in [6.45, 7) is 0.627. The first-order valence-corrected chi connectivity index (χ1v) is 12.6. The van der Waals surface area contributed by atoms with Crippen molar-refractivity contribution in [1.29, 1.82) is 0 Å². The van der Waals surface area contributed by atoms with Gasteiger partial charge in [0.05, 0.1) is 20.9 Å². The molecule has 4 rings (SSSR count). The van der Waals surface area contributed by atoms with Crippen LogP contribution in [0.3, 0.4) is 0 Å². The van der Waals surface area contributed by atoms with Gasteiger partial charge < -0.3 is 9.47 Å². The number of carbonyl (C=O) groups excluding carboxylic acids is 2. The first-order valence-electron chi connectivity index (χ1n) is 10.2. The Kier molecular flexibility index (Phi) is 8.21. The Morgan fingerprint density at radius 2 is 1.68 bits per heavy atom. The maximum Gasteiger partial charge on any atom is 0.293 e. The average Bonchev–Trinajstić information content (AvgIpc) is 3.07. The minimum absolute atomic E-state index is 0.163. The lowest BCUT2D eigenvalue weighted by atomic mass is 10.2. The molecule has 0 saturated carbocycles. The number of thioether (sulfide) groups is 1. The summed E-state index contributed by atoms with van der Waals surface area (Å²) in [5, 5.41) is 0.636. The fraction of sp³-hybridized carbons (Fsp3) is 0.120. The minimum atomic E-state index is -0.363. The molecule has 1 heterocycles. The largest absolute Gasteiger partial charge is 0.492 e. The molecule has 0 aliphatic carbocycles. The van der Waals surface area contributed by atoms with Crippen LogP contribution in [0.1, 0.15) is 11.1 Å². The SMILES string of the molecule is O=C1S/C(=C\c2cc(Cl)c(OCc3ccccc3Cl)c(Br)c2)C(=O)N1CCOc1ccccc1. The van der Waals surface area contributed by atoms with Crippen LogP contribution in [-0.4, -0.2) is 29.2 Å². The Bertz CT molecular complexity index is 1230. The second kappa shape index (κ2) is 11.3. The van der Waals surface area contributed by atoms with Crippen molar-refractivity contribution in [3.05, 3.63) is 97.3 Å². The number of nitrogens with zero attached hydrogens (tertiary/aromatic N) is 1. The van der Waals surface area contributed by atoms with E-state index in [1.807, 2.05) is 48.5 Å². The third-order valence-electron chi connectivity index (χ3n) is 4.85. The van der Waals surface area contributed by atoms with Gasteiger partial charge in [0.15, 0.2) is 5.75 Å². The predicted octanol–water partition coefficient (Wildman–Crippen LogP) is 7.45. The number of imide groups is 1. The van der Waals surface area contributed by atoms with E-state index in [-0.39, 0.29) is 30.9 Å². The molecule has 3 aromatic carbocycles. The lowest BCUT2D eigenvalue weighted by molar-refractivity contribution is -0.123. The summed E-state index contributed by atoms with van der Waals surface area (Å²) in [7, 11) is 0. The predicted molar refractivity (Wildman–Crippen MR) is 140 cm³/mol. The standard InChI is InChI=1S/C25H18BrCl2NO4S/c26-19-12-16(13-21(28)23(19)33-15-17-6-4-5-9-20(17)27)14-22-24(30)29(25(31)34-22)10-11-32-18-7-2-1-3-8-18/h1-9,12-14H,10-11,15H2/b22-14-. The van der Waals surface area contributed by atoms with E-state index >= 15 is 0 Å². The van der Waals surface area contributed by atoms with Crippen molar-refractivity contribution in [2.24, 2.45) is 0 Å². The molecule has 0 unspecified atom stereocenters. The molecule has 1 saturated heterocycles. The van der Waals surface area contributed by atoms with Crippen LogP contribution in [0.5, 0.6) is 11.5 Å². The zero-order chi connectivity index (χ0) is 24.1. The molecule has 0 atom stereocenters. The van der Waals surface area contributed by atoms with Gasteiger partial charge in [-0.3, -0.25) is 14.5 Å². The summed E-state index contributed by atoms with van der Waals surface area (Å²) in [6, 6.07) is 20.1. The van der Waals surface area contributed by atoms with Crippen LogP contribution in [0.2, 0.25) is 10.0 Å². The quantitative estimate of drug-likeness (QED) is 0.260. The van der Waals surface area contributed by atoms with Gasteiger partial charge in [0.1, 0.15) is 19.0 Å². The number of ether oxygens (including phenoxy) is 2. The van der Waals surface area contributed by atoms with E-state index in [9.17, 15) is 9.59 Å². The van der Waals surface area contributed by atoms with Gasteiger partial charge in [-0.05, 0) is 69.7 Å². The lowest BCUT2D eigenvalue weighted by Gasteiger charge is -2.13. The molecule has 1 fully saturated rings. The highest BCUT2D eigenvalue weighted by atomic mass is 79.9. The molecular weight excluding hydrogens is 561 g/mol. The van der Waals surface area contributed by atoms with Crippen LogP contribution < -0.4 is 9.47 Å². The fourth-order valence-electron chi connectivity index (χ4n) is 3.18. The van der Waals surface area contributed by atoms with Crippen LogP contribution >= 0.6 is 50.9 Å². The average molecular weight is 579 g/mol. The molecule has 0 N–H and O–H groups in total. The van der Waals surface area contributed by atoms with Crippen molar-refractivity contribution in [2.45, 2.75) is 6.61 Å². The molecule has 0 aromatic heterocycles. The van der Waals surface area contributed by atoms with Crippen molar-refractivity contribution in [1.82, 2.24) is 4.90 Å². The first kappa shape index (κ1) is 24.7. The molecule has 0 bridgehead atoms. The van der Waals surface area contributed by atoms with E-state index in [1.165, 1.54) is 4.90 Å². The number of carbonyl (C=O) groups is 2. The van der Waals surface area contributed by atoms with E-state index in [4.69, 9.17) is 32.7 Å². The van der Waals surface area contributed by atoms with Crippen LogP contribution in [0.25, 0.3) is 6.08 Å². The maximum atomic E-state index is 12.8. The Labute approximate surface area is 219 Å². The summed E-state index contributed by atoms with van der Waals surface area (Å²) < 4.78 is 12.1. The number of hydrogen-bond acceptors (Lipinski definition) is 5. The highest BCUT2D eigenvalue weighted by molar-refractivity contribution is 9.10. The summed E-state index contributed by atoms with van der Waals surface area (Å²) in [5.74, 6) is 0.782. The molecule has 0 spiro atoms. The summed E-state index contributed by atoms with van der Waals surface area (Å²) >= 11 is 17.0. The van der Waals surface area contributed by atoms with Crippen LogP contribution in [0.4, 0.5) is 4.79 Å². The highest BCUT2D eigenvalue weighted by Gasteiger charge is 2.34. The number of amides is 2. The van der Waals surface area contributed by atoms with E-state index < -0.39 is 0 Å². The molecule has 3 aromatic rings. The molecule has 34 heavy (non-hydrogen) atoms. The van der Waals surface area contributed by atoms with Gasteiger partial charge in [0, 0.05) is 10.6 Å². The third kappa shape index (κ3) is 5.96. The molecule has 5 nitrogen and oxygen atoms in total. The topological polar surface area (TPSA) is 55.8 Å². The number of para-hydroxylation sites is 1. The third-order valence-corrected chi connectivity index (χ3v) is 6.99. The maximum absolute atomic E-state index is 12.8. The van der Waals surface area contributed by atoms with Crippen molar-refractivity contribution >= 4 is 68.1 Å². The van der Waals surface area contributed by atoms with Crippen LogP contribution in [0, 0.1) is 0 Å². The highest BCUT2D eigenvalue weighted by Crippen LogP contribution is 2.38. The van der Waals surface area contributed by atoms with Crippen molar-refractivity contribution in [3.63, 3.8) is 0 Å². The molecule has 174 valence electrons. The van der Waals surface area contributed by atoms with Gasteiger partial charge in [-0.25, -0.2) is 0 Å². The first-order chi connectivity index (χ1) is 16.4. The number of rotatable bonds is 8. The molecule has 0 radical (unpaired) electrons. The van der Waals surface area contributed by atoms with E-state index in [2.05, 4.69) is 15.9 Å². The Morgan fingerprint density at radius 1 is 0.941 bits per heavy atom. The van der Waals surface area contributed by atoms with Gasteiger partial charge in [-0.15, -0.1) is 0 Å². The Morgan fingerprint density at radius 3 is 2.41 bits per heavy atom. The van der Waals surface area contributed by atoms with E-state index in [0.717, 1.165) is 17.3 Å². The second-order valence-corrected chi connectivity index (χ2v) is 9.85. The number of halogens is 3. The Hall–Kier alpha value is -2.45. The molecule has 1 aliphatic heterocycles.